The molecule has 266 valence electrons. The number of nitrogens with one attached hydrogen (secondary N) is 1. The topological polar surface area (TPSA) is 121 Å². The number of ether oxygens (including phenoxy) is 1. The van der Waals surface area contributed by atoms with Crippen LogP contribution >= 0.6 is 0 Å². The maximum atomic E-state index is 15.0. The molecule has 0 radical (unpaired) electrons. The summed E-state index contributed by atoms with van der Waals surface area (Å²) in [6.45, 7) is 3.92. The van der Waals surface area contributed by atoms with Gasteiger partial charge in [0.1, 0.15) is 5.75 Å². The largest absolute Gasteiger partial charge is 0.496 e. The molecule has 1 saturated carbocycles. The number of carbonyl (C=O) groups is 3. The number of benzene rings is 1. The van der Waals surface area contributed by atoms with Gasteiger partial charge < -0.3 is 19.1 Å². The molecule has 4 heterocycles. The van der Waals surface area contributed by atoms with Crippen LogP contribution in [0.15, 0.2) is 52.6 Å². The third-order valence-electron chi connectivity index (χ3n) is 12.2. The number of fused-ring (bicyclic) bond motifs is 7. The monoisotopic (exact) mass is 701 g/mol. The lowest BCUT2D eigenvalue weighted by Gasteiger charge is -2.41. The lowest BCUT2D eigenvalue weighted by atomic mass is 9.75. The van der Waals surface area contributed by atoms with E-state index in [0.29, 0.717) is 44.1 Å². The second kappa shape index (κ2) is 12.4. The number of hydrogen-bond acceptors (Lipinski definition) is 6. The van der Waals surface area contributed by atoms with E-state index in [2.05, 4.69) is 27.5 Å². The fourth-order valence-corrected chi connectivity index (χ4v) is 10.2. The molecule has 2 saturated heterocycles. The Labute approximate surface area is 294 Å². The Balaban J connectivity index is 1.27. The minimum atomic E-state index is -4.01. The van der Waals surface area contributed by atoms with Crippen LogP contribution in [-0.2, 0) is 31.1 Å². The molecule has 3 aliphatic heterocycles. The molecule has 3 aliphatic carbocycles. The molecule has 1 aromatic carbocycles. The predicted molar refractivity (Wildman–Crippen MR) is 190 cm³/mol. The van der Waals surface area contributed by atoms with Crippen molar-refractivity contribution in [3.05, 3.63) is 63.9 Å². The van der Waals surface area contributed by atoms with Crippen molar-refractivity contribution in [2.45, 2.75) is 82.7 Å². The summed E-state index contributed by atoms with van der Waals surface area (Å²) in [5.41, 5.74) is 6.25. The third kappa shape index (κ3) is 5.32. The van der Waals surface area contributed by atoms with Gasteiger partial charge in [0.15, 0.2) is 0 Å². The van der Waals surface area contributed by atoms with Crippen LogP contribution in [0.3, 0.4) is 0 Å². The maximum Gasteiger partial charge on any atom is 0.303 e. The molecule has 1 unspecified atom stereocenters. The first-order chi connectivity index (χ1) is 24.0. The highest BCUT2D eigenvalue weighted by molar-refractivity contribution is 7.87. The van der Waals surface area contributed by atoms with Gasteiger partial charge in [-0.3, -0.25) is 14.4 Å². The van der Waals surface area contributed by atoms with Gasteiger partial charge in [0.25, 0.3) is 5.91 Å². The molecular formula is C38H47N5O6S. The number of hydrogen-bond donors (Lipinski definition) is 1. The number of piperidine rings is 1. The number of aromatic nitrogens is 1. The second-order valence-corrected chi connectivity index (χ2v) is 17.0. The lowest BCUT2D eigenvalue weighted by Crippen LogP contribution is -2.51. The number of likely N-dealkylation sites (tertiary alicyclic amines) is 2. The maximum absolute atomic E-state index is 15.0. The second-order valence-electron chi connectivity index (χ2n) is 15.2. The molecule has 1 N–H and O–H groups in total. The molecule has 11 nitrogen and oxygen atoms in total. The predicted octanol–water partition coefficient (Wildman–Crippen LogP) is 4.37. The van der Waals surface area contributed by atoms with E-state index in [0.717, 1.165) is 69.1 Å². The molecule has 3 amide bonds. The Morgan fingerprint density at radius 3 is 2.52 bits per heavy atom. The summed E-state index contributed by atoms with van der Waals surface area (Å²) in [4.78, 5) is 45.0. The summed E-state index contributed by atoms with van der Waals surface area (Å²) in [6.07, 6.45) is 12.3. The van der Waals surface area contributed by atoms with Gasteiger partial charge in [-0.2, -0.15) is 12.7 Å². The van der Waals surface area contributed by atoms with Crippen LogP contribution in [0.4, 0.5) is 0 Å². The number of carbonyl (C=O) groups excluding carboxylic acids is 3. The molecule has 3 fully saturated rings. The van der Waals surface area contributed by atoms with Crippen LogP contribution < -0.4 is 9.46 Å². The van der Waals surface area contributed by atoms with E-state index in [1.54, 1.807) is 14.0 Å². The van der Waals surface area contributed by atoms with E-state index < -0.39 is 22.0 Å². The van der Waals surface area contributed by atoms with Crippen molar-refractivity contribution in [3.8, 4) is 5.75 Å². The summed E-state index contributed by atoms with van der Waals surface area (Å²) < 4.78 is 37.0. The third-order valence-corrected chi connectivity index (χ3v) is 13.6. The SMILES string of the molecule is COc1ccc(C2CCCCC2)c2c1cc1n2CC2=C(C(=O)NS(=O)(=O)N(C)C)C2=C2C=CC[C@@H](C(=O)N3CCC[C@H]4CN(C(C)=O)C[C@H]43)C21. The number of nitrogens with zero attached hydrogens (tertiary/aromatic N) is 4. The quantitative estimate of drug-likeness (QED) is 0.478. The van der Waals surface area contributed by atoms with Crippen molar-refractivity contribution >= 4 is 38.8 Å². The first-order valence-corrected chi connectivity index (χ1v) is 19.6. The van der Waals surface area contributed by atoms with E-state index in [1.807, 2.05) is 22.0 Å². The Kier molecular flexibility index (Phi) is 8.25. The van der Waals surface area contributed by atoms with Crippen LogP contribution in [0.1, 0.15) is 81.4 Å². The molecule has 0 bridgehead atoms. The first-order valence-electron chi connectivity index (χ1n) is 18.1. The number of allylic oxidation sites excluding steroid dienone is 4. The standard InChI is InChI=1S/C38H47N5O6S/c1-22(44)41-19-24-12-9-17-42(31(24)21-41)38(46)27-14-8-13-26-33(27)30-18-28-32(49-4)16-15-25(23-10-6-5-7-11-23)36(28)43(30)20-29-34(26)35(29)37(45)39-50(47,48)40(2)3/h8,13,15-16,18,23-24,27,31,33H,5-7,9-12,14,17,19-21H2,1-4H3,(H,39,45)/t24-,27+,31+,33?/m0/s1. The van der Waals surface area contributed by atoms with E-state index >= 15 is 0 Å². The van der Waals surface area contributed by atoms with E-state index in [1.165, 1.54) is 38.9 Å². The van der Waals surface area contributed by atoms with Gasteiger partial charge in [0.2, 0.25) is 11.8 Å². The average molecular weight is 702 g/mol. The highest BCUT2D eigenvalue weighted by atomic mass is 32.2. The molecule has 50 heavy (non-hydrogen) atoms. The molecule has 12 heteroatoms. The molecule has 1 aromatic heterocycles. The smallest absolute Gasteiger partial charge is 0.303 e. The summed E-state index contributed by atoms with van der Waals surface area (Å²) in [5, 5.41) is 1.00. The molecule has 6 aliphatic rings. The van der Waals surface area contributed by atoms with Crippen molar-refractivity contribution in [3.63, 3.8) is 0 Å². The minimum Gasteiger partial charge on any atom is -0.496 e. The number of rotatable bonds is 6. The van der Waals surface area contributed by atoms with Gasteiger partial charge in [-0.15, -0.1) is 0 Å². The minimum absolute atomic E-state index is 0.0102. The van der Waals surface area contributed by atoms with Crippen LogP contribution in [0.2, 0.25) is 0 Å². The van der Waals surface area contributed by atoms with Gasteiger partial charge in [-0.1, -0.05) is 37.5 Å². The van der Waals surface area contributed by atoms with Gasteiger partial charge in [-0.25, -0.2) is 4.72 Å². The van der Waals surface area contributed by atoms with Crippen molar-refractivity contribution < 1.29 is 27.5 Å². The summed E-state index contributed by atoms with van der Waals surface area (Å²) in [7, 11) is 0.456. The molecule has 8 rings (SSSR count). The van der Waals surface area contributed by atoms with Crippen LogP contribution in [0.25, 0.3) is 10.9 Å². The zero-order valence-corrected chi connectivity index (χ0v) is 30.2. The fraction of sp³-hybridized carbons (Fsp3) is 0.553. The zero-order chi connectivity index (χ0) is 35.1. The average Bonchev–Trinajstić information content (AvgIpc) is 3.48. The lowest BCUT2D eigenvalue weighted by molar-refractivity contribution is -0.141. The van der Waals surface area contributed by atoms with E-state index in [-0.39, 0.29) is 29.7 Å². The zero-order valence-electron chi connectivity index (χ0n) is 29.4. The van der Waals surface area contributed by atoms with Crippen LogP contribution in [0.5, 0.6) is 5.75 Å². The van der Waals surface area contributed by atoms with Crippen molar-refractivity contribution in [1.29, 1.82) is 0 Å². The van der Waals surface area contributed by atoms with E-state index in [4.69, 9.17) is 4.74 Å². The van der Waals surface area contributed by atoms with Crippen molar-refractivity contribution in [2.24, 2.45) is 11.8 Å². The summed E-state index contributed by atoms with van der Waals surface area (Å²) >= 11 is 0. The molecular weight excluding hydrogens is 655 g/mol. The van der Waals surface area contributed by atoms with Gasteiger partial charge in [-0.05, 0) is 78.4 Å². The number of methoxy groups -OCH3 is 1. The highest BCUT2D eigenvalue weighted by Crippen LogP contribution is 2.55. The first kappa shape index (κ1) is 33.3. The van der Waals surface area contributed by atoms with E-state index in [9.17, 15) is 22.8 Å². The van der Waals surface area contributed by atoms with Crippen LogP contribution in [-0.4, -0.2) is 91.7 Å². The summed E-state index contributed by atoms with van der Waals surface area (Å²) in [5.74, 6) is 0.150. The van der Waals surface area contributed by atoms with Crippen molar-refractivity contribution in [2.75, 3.05) is 40.8 Å². The molecule has 2 aromatic rings. The van der Waals surface area contributed by atoms with Crippen LogP contribution in [0, 0.1) is 11.8 Å². The molecule has 4 atom stereocenters. The fourth-order valence-electron chi connectivity index (χ4n) is 9.69. The van der Waals surface area contributed by atoms with Gasteiger partial charge in [0, 0.05) is 64.2 Å². The normalized spacial score (nSPS) is 26.4. The highest BCUT2D eigenvalue weighted by Gasteiger charge is 2.50. The summed E-state index contributed by atoms with van der Waals surface area (Å²) in [6, 6.07) is 6.46. The Bertz CT molecular complexity index is 2000. The molecule has 0 spiro atoms. The van der Waals surface area contributed by atoms with Gasteiger partial charge in [0.05, 0.1) is 30.2 Å². The number of amides is 3. The van der Waals surface area contributed by atoms with Crippen molar-refractivity contribution in [1.82, 2.24) is 23.4 Å². The Morgan fingerprint density at radius 2 is 1.80 bits per heavy atom. The Hall–Kier alpha value is -3.90. The Morgan fingerprint density at radius 1 is 1.02 bits per heavy atom. The van der Waals surface area contributed by atoms with Gasteiger partial charge >= 0.3 is 10.2 Å².